The minimum atomic E-state index is -3.47. The van der Waals surface area contributed by atoms with Gasteiger partial charge in [-0.2, -0.15) is 0 Å². The Morgan fingerprint density at radius 3 is 2.53 bits per heavy atom. The summed E-state index contributed by atoms with van der Waals surface area (Å²) in [5, 5.41) is 1.47. The fourth-order valence-electron chi connectivity index (χ4n) is 6.47. The summed E-state index contributed by atoms with van der Waals surface area (Å²) in [7, 11) is -1.51. The Kier molecular flexibility index (Phi) is 5.04. The Morgan fingerprint density at radius 2 is 1.87 bits per heavy atom. The molecule has 6 atom stereocenters. The lowest BCUT2D eigenvalue weighted by molar-refractivity contribution is -0.167. The van der Waals surface area contributed by atoms with Crippen LogP contribution in [0.4, 0.5) is 0 Å². The standard InChI is InChI=1S/C21H34N4O4S/c1-21(6-7-21)23-30(28,29)15-8-14-4-3-5-16-18(14)17(9-15)20(27)25(19(16)26)12-13-10-22-24(2)11-13/h13-18,22-23H,3-12H2,1-2H3. The number of likely N-dealkylation sites (tertiary alicyclic amines) is 1. The van der Waals surface area contributed by atoms with E-state index in [0.29, 0.717) is 19.4 Å². The third kappa shape index (κ3) is 3.61. The normalized spacial score (nSPS) is 41.1. The van der Waals surface area contributed by atoms with Crippen molar-refractivity contribution in [1.82, 2.24) is 20.1 Å². The van der Waals surface area contributed by atoms with Gasteiger partial charge in [-0.15, -0.1) is 0 Å². The zero-order chi connectivity index (χ0) is 21.3. The second-order valence-electron chi connectivity index (χ2n) is 10.7. The Labute approximate surface area is 179 Å². The molecule has 5 fully saturated rings. The summed E-state index contributed by atoms with van der Waals surface area (Å²) in [5.41, 5.74) is 2.94. The predicted octanol–water partition coefficient (Wildman–Crippen LogP) is 0.704. The van der Waals surface area contributed by atoms with Crippen molar-refractivity contribution in [2.75, 3.05) is 26.7 Å². The number of hydrazine groups is 1. The minimum absolute atomic E-state index is 0.00886. The van der Waals surface area contributed by atoms with E-state index in [-0.39, 0.29) is 46.9 Å². The number of hydrogen-bond donors (Lipinski definition) is 2. The van der Waals surface area contributed by atoms with Crippen LogP contribution in [0.15, 0.2) is 0 Å². The molecule has 0 bridgehead atoms. The highest BCUT2D eigenvalue weighted by Gasteiger charge is 2.57. The molecule has 0 spiro atoms. The Bertz CT molecular complexity index is 842. The van der Waals surface area contributed by atoms with Crippen LogP contribution in [0.2, 0.25) is 0 Å². The molecule has 3 saturated carbocycles. The molecule has 5 rings (SSSR count). The zero-order valence-electron chi connectivity index (χ0n) is 18.0. The smallest absolute Gasteiger partial charge is 0.232 e. The first-order valence-corrected chi connectivity index (χ1v) is 13.0. The molecule has 2 amide bonds. The van der Waals surface area contributed by atoms with Crippen LogP contribution in [0.3, 0.4) is 0 Å². The first-order chi connectivity index (χ1) is 14.2. The largest absolute Gasteiger partial charge is 0.282 e. The summed E-state index contributed by atoms with van der Waals surface area (Å²) in [5.74, 6) is -0.180. The summed E-state index contributed by atoms with van der Waals surface area (Å²) in [6, 6.07) is 0. The van der Waals surface area contributed by atoms with E-state index in [2.05, 4.69) is 10.1 Å². The lowest BCUT2D eigenvalue weighted by Crippen LogP contribution is -2.61. The van der Waals surface area contributed by atoms with Crippen molar-refractivity contribution in [3.8, 4) is 0 Å². The van der Waals surface area contributed by atoms with E-state index in [1.165, 1.54) is 4.90 Å². The van der Waals surface area contributed by atoms with Crippen molar-refractivity contribution in [3.63, 3.8) is 0 Å². The fourth-order valence-corrected chi connectivity index (χ4v) is 8.48. The van der Waals surface area contributed by atoms with Crippen molar-refractivity contribution in [3.05, 3.63) is 0 Å². The van der Waals surface area contributed by atoms with Crippen LogP contribution in [-0.2, 0) is 19.6 Å². The molecule has 9 heteroatoms. The third-order valence-electron chi connectivity index (χ3n) is 8.26. The maximum absolute atomic E-state index is 13.5. The number of hydrogen-bond acceptors (Lipinski definition) is 6. The molecule has 3 aliphatic carbocycles. The lowest BCUT2D eigenvalue weighted by Gasteiger charge is -2.52. The number of carbonyl (C=O) groups is 2. The first-order valence-electron chi connectivity index (χ1n) is 11.5. The van der Waals surface area contributed by atoms with E-state index >= 15 is 0 Å². The molecule has 0 aromatic heterocycles. The number of nitrogens with one attached hydrogen (secondary N) is 2. The summed E-state index contributed by atoms with van der Waals surface area (Å²) in [6.07, 6.45) is 5.40. The Morgan fingerprint density at radius 1 is 1.13 bits per heavy atom. The van der Waals surface area contributed by atoms with Crippen LogP contribution < -0.4 is 10.1 Å². The zero-order valence-corrected chi connectivity index (χ0v) is 18.8. The molecule has 0 aromatic carbocycles. The Balaban J connectivity index is 1.39. The third-order valence-corrected chi connectivity index (χ3v) is 10.3. The van der Waals surface area contributed by atoms with Crippen molar-refractivity contribution < 1.29 is 18.0 Å². The minimum Gasteiger partial charge on any atom is -0.282 e. The SMILES string of the molecule is CN1CC(CN2C(=O)C3CCCC4CC(S(=O)(=O)NC5(C)CC5)CC(C2=O)C43)CN1. The van der Waals surface area contributed by atoms with Crippen LogP contribution in [0, 0.1) is 29.6 Å². The van der Waals surface area contributed by atoms with Gasteiger partial charge in [0.2, 0.25) is 21.8 Å². The average molecular weight is 439 g/mol. The topological polar surface area (TPSA) is 98.8 Å². The van der Waals surface area contributed by atoms with Crippen molar-refractivity contribution in [2.24, 2.45) is 29.6 Å². The van der Waals surface area contributed by atoms with Gasteiger partial charge in [-0.25, -0.2) is 18.1 Å². The van der Waals surface area contributed by atoms with Gasteiger partial charge in [0.05, 0.1) is 5.25 Å². The molecule has 168 valence electrons. The highest BCUT2D eigenvalue weighted by molar-refractivity contribution is 7.90. The van der Waals surface area contributed by atoms with Crippen LogP contribution in [0.5, 0.6) is 0 Å². The molecular weight excluding hydrogens is 404 g/mol. The first kappa shape index (κ1) is 20.8. The molecule has 2 heterocycles. The van der Waals surface area contributed by atoms with Gasteiger partial charge in [-0.05, 0) is 50.9 Å². The van der Waals surface area contributed by atoms with Gasteiger partial charge < -0.3 is 0 Å². The molecule has 30 heavy (non-hydrogen) atoms. The number of carbonyl (C=O) groups excluding carboxylic acids is 2. The van der Waals surface area contributed by atoms with E-state index in [0.717, 1.165) is 45.2 Å². The molecule has 2 aliphatic heterocycles. The monoisotopic (exact) mass is 438 g/mol. The second kappa shape index (κ2) is 7.25. The van der Waals surface area contributed by atoms with Crippen LogP contribution in [-0.4, -0.2) is 67.6 Å². The van der Waals surface area contributed by atoms with E-state index in [1.807, 2.05) is 19.0 Å². The number of imide groups is 1. The lowest BCUT2D eigenvalue weighted by atomic mass is 9.58. The number of rotatable bonds is 5. The molecule has 8 nitrogen and oxygen atoms in total. The van der Waals surface area contributed by atoms with Crippen LogP contribution >= 0.6 is 0 Å². The van der Waals surface area contributed by atoms with Crippen LogP contribution in [0.25, 0.3) is 0 Å². The number of amides is 2. The van der Waals surface area contributed by atoms with Gasteiger partial charge in [0, 0.05) is 50.0 Å². The summed E-state index contributed by atoms with van der Waals surface area (Å²) >= 11 is 0. The van der Waals surface area contributed by atoms with Gasteiger partial charge in [-0.1, -0.05) is 12.8 Å². The molecule has 0 aromatic rings. The molecule has 5 aliphatic rings. The quantitative estimate of drug-likeness (QED) is 0.614. The molecule has 2 N–H and O–H groups in total. The predicted molar refractivity (Wildman–Crippen MR) is 111 cm³/mol. The highest BCUT2D eigenvalue weighted by Crippen LogP contribution is 2.52. The van der Waals surface area contributed by atoms with Gasteiger partial charge in [0.25, 0.3) is 0 Å². The van der Waals surface area contributed by atoms with Gasteiger partial charge >= 0.3 is 0 Å². The maximum atomic E-state index is 13.5. The van der Waals surface area contributed by atoms with E-state index < -0.39 is 15.3 Å². The number of nitrogens with zero attached hydrogens (tertiary/aromatic N) is 2. The van der Waals surface area contributed by atoms with E-state index in [1.54, 1.807) is 0 Å². The molecule has 2 saturated heterocycles. The molecule has 6 unspecified atom stereocenters. The Hall–Kier alpha value is -1.03. The van der Waals surface area contributed by atoms with Gasteiger partial charge in [0.15, 0.2) is 0 Å². The maximum Gasteiger partial charge on any atom is 0.232 e. The van der Waals surface area contributed by atoms with Gasteiger partial charge in [-0.3, -0.25) is 19.9 Å². The number of sulfonamides is 1. The van der Waals surface area contributed by atoms with Gasteiger partial charge in [0.1, 0.15) is 0 Å². The van der Waals surface area contributed by atoms with E-state index in [9.17, 15) is 18.0 Å². The van der Waals surface area contributed by atoms with E-state index in [4.69, 9.17) is 0 Å². The fraction of sp³-hybridized carbons (Fsp3) is 0.905. The van der Waals surface area contributed by atoms with Crippen molar-refractivity contribution in [2.45, 2.75) is 62.7 Å². The average Bonchev–Trinajstić information content (AvgIpc) is 3.26. The molecular formula is C21H34N4O4S. The summed E-state index contributed by atoms with van der Waals surface area (Å²) in [4.78, 5) is 28.3. The van der Waals surface area contributed by atoms with Crippen molar-refractivity contribution in [1.29, 1.82) is 0 Å². The summed E-state index contributed by atoms with van der Waals surface area (Å²) in [6.45, 7) is 3.95. The molecule has 0 radical (unpaired) electrons. The highest BCUT2D eigenvalue weighted by atomic mass is 32.2. The van der Waals surface area contributed by atoms with Crippen molar-refractivity contribution >= 4 is 21.8 Å². The summed E-state index contributed by atoms with van der Waals surface area (Å²) < 4.78 is 29.2. The second-order valence-corrected chi connectivity index (χ2v) is 12.6. The number of piperidine rings is 1. The van der Waals surface area contributed by atoms with Crippen LogP contribution in [0.1, 0.15) is 51.9 Å².